The number of pyridine rings is 2. The van der Waals surface area contributed by atoms with Gasteiger partial charge in [0, 0.05) is 6.20 Å². The van der Waals surface area contributed by atoms with Gasteiger partial charge in [0.2, 0.25) is 0 Å². The molecule has 0 radical (unpaired) electrons. The summed E-state index contributed by atoms with van der Waals surface area (Å²) in [6, 6.07) is 2.53. The van der Waals surface area contributed by atoms with Gasteiger partial charge in [0.1, 0.15) is 4.90 Å². The summed E-state index contributed by atoms with van der Waals surface area (Å²) >= 11 is 0. The zero-order valence-electron chi connectivity index (χ0n) is 13.2. The Hall–Kier alpha value is -2.89. The summed E-state index contributed by atoms with van der Waals surface area (Å²) in [5.74, 6) is -0.617. The van der Waals surface area contributed by atoms with E-state index in [1.807, 2.05) is 0 Å². The first-order valence-electron chi connectivity index (χ1n) is 7.22. The predicted molar refractivity (Wildman–Crippen MR) is 85.7 cm³/mol. The lowest BCUT2D eigenvalue weighted by molar-refractivity contribution is -0.137. The van der Waals surface area contributed by atoms with Crippen LogP contribution in [0.2, 0.25) is 0 Å². The number of halogens is 3. The molecule has 2 N–H and O–H groups in total. The SMILES string of the molecule is CCS(=O)(=O)c1cc(N)cnc1-n1nc2cc(C(F)(F)F)ccn2c1=O. The minimum Gasteiger partial charge on any atom is -0.397 e. The van der Waals surface area contributed by atoms with Gasteiger partial charge in [-0.1, -0.05) is 6.92 Å². The first-order chi connectivity index (χ1) is 12.0. The fourth-order valence-electron chi connectivity index (χ4n) is 2.28. The van der Waals surface area contributed by atoms with Crippen molar-refractivity contribution in [2.24, 2.45) is 0 Å². The van der Waals surface area contributed by atoms with E-state index in [0.29, 0.717) is 10.7 Å². The molecule has 12 heteroatoms. The molecule has 0 aromatic carbocycles. The standard InChI is InChI=1S/C14H12F3N5O3S/c1-2-26(24,25)10-6-9(18)7-19-12(10)22-13(23)21-4-3-8(14(15,16)17)5-11(21)20-22/h3-7H,2,18H2,1H3. The summed E-state index contributed by atoms with van der Waals surface area (Å²) in [6.07, 6.45) is -2.57. The van der Waals surface area contributed by atoms with Crippen LogP contribution in [0.5, 0.6) is 0 Å². The molecule has 0 aliphatic carbocycles. The summed E-state index contributed by atoms with van der Waals surface area (Å²) in [7, 11) is -3.82. The van der Waals surface area contributed by atoms with Crippen LogP contribution in [0.1, 0.15) is 12.5 Å². The zero-order chi connectivity index (χ0) is 19.3. The maximum Gasteiger partial charge on any atom is 0.416 e. The largest absolute Gasteiger partial charge is 0.416 e. The number of rotatable bonds is 3. The van der Waals surface area contributed by atoms with Gasteiger partial charge < -0.3 is 5.73 Å². The third-order valence-corrected chi connectivity index (χ3v) is 5.35. The molecule has 0 saturated carbocycles. The van der Waals surface area contributed by atoms with Crippen LogP contribution in [0.15, 0.2) is 40.3 Å². The quantitative estimate of drug-likeness (QED) is 0.724. The molecule has 0 bridgehead atoms. The average Bonchev–Trinajstić information content (AvgIpc) is 2.90. The Bertz CT molecular complexity index is 1160. The van der Waals surface area contributed by atoms with Gasteiger partial charge in [0.05, 0.1) is 23.2 Å². The van der Waals surface area contributed by atoms with Crippen molar-refractivity contribution in [3.05, 3.63) is 46.6 Å². The van der Waals surface area contributed by atoms with Gasteiger partial charge in [-0.2, -0.15) is 17.9 Å². The molecule has 3 rings (SSSR count). The van der Waals surface area contributed by atoms with Crippen LogP contribution in [0, 0.1) is 0 Å². The number of alkyl halides is 3. The highest BCUT2D eigenvalue weighted by atomic mass is 32.2. The summed E-state index contributed by atoms with van der Waals surface area (Å²) in [5.41, 5.74) is 3.47. The van der Waals surface area contributed by atoms with E-state index in [1.54, 1.807) is 0 Å². The second kappa shape index (κ2) is 5.83. The summed E-state index contributed by atoms with van der Waals surface area (Å²) in [4.78, 5) is 16.0. The molecule has 26 heavy (non-hydrogen) atoms. The van der Waals surface area contributed by atoms with Crippen molar-refractivity contribution in [1.29, 1.82) is 0 Å². The van der Waals surface area contributed by atoms with Crippen molar-refractivity contribution in [3.8, 4) is 5.82 Å². The molecule has 8 nitrogen and oxygen atoms in total. The molecule has 0 atom stereocenters. The molecule has 3 heterocycles. The van der Waals surface area contributed by atoms with E-state index in [2.05, 4.69) is 10.1 Å². The highest BCUT2D eigenvalue weighted by Crippen LogP contribution is 2.29. The van der Waals surface area contributed by atoms with Gasteiger partial charge in [0.25, 0.3) is 0 Å². The summed E-state index contributed by atoms with van der Waals surface area (Å²) in [5, 5.41) is 3.79. The normalized spacial score (nSPS) is 12.6. The highest BCUT2D eigenvalue weighted by Gasteiger charge is 2.31. The average molecular weight is 387 g/mol. The first kappa shape index (κ1) is 17.9. The van der Waals surface area contributed by atoms with Crippen LogP contribution in [0.3, 0.4) is 0 Å². The number of sulfone groups is 1. The minimum absolute atomic E-state index is 0.0527. The Balaban J connectivity index is 2.31. The first-order valence-corrected chi connectivity index (χ1v) is 8.87. The molecular formula is C14H12F3N5O3S. The Morgan fingerprint density at radius 1 is 1.27 bits per heavy atom. The third kappa shape index (κ3) is 2.92. The Kier molecular flexibility index (Phi) is 4.02. The molecule has 0 unspecified atom stereocenters. The number of nitrogens with zero attached hydrogens (tertiary/aromatic N) is 4. The minimum atomic E-state index is -4.61. The fourth-order valence-corrected chi connectivity index (χ4v) is 3.33. The van der Waals surface area contributed by atoms with Gasteiger partial charge in [-0.05, 0) is 18.2 Å². The van der Waals surface area contributed by atoms with Crippen LogP contribution < -0.4 is 11.4 Å². The Labute approximate surface area is 144 Å². The molecule has 0 amide bonds. The number of hydrogen-bond acceptors (Lipinski definition) is 6. The molecule has 0 aliphatic heterocycles. The van der Waals surface area contributed by atoms with Crippen molar-refractivity contribution >= 4 is 21.2 Å². The van der Waals surface area contributed by atoms with Crippen LogP contribution >= 0.6 is 0 Å². The lowest BCUT2D eigenvalue weighted by Gasteiger charge is -2.08. The number of nitrogens with two attached hydrogens (primary N) is 1. The van der Waals surface area contributed by atoms with E-state index >= 15 is 0 Å². The monoisotopic (exact) mass is 387 g/mol. The number of nitrogen functional groups attached to an aromatic ring is 1. The van der Waals surface area contributed by atoms with E-state index in [0.717, 1.165) is 28.9 Å². The number of fused-ring (bicyclic) bond motifs is 1. The smallest absolute Gasteiger partial charge is 0.397 e. The predicted octanol–water partition coefficient (Wildman–Crippen LogP) is 1.27. The van der Waals surface area contributed by atoms with E-state index in [1.165, 1.54) is 6.92 Å². The molecule has 0 fully saturated rings. The number of hydrogen-bond donors (Lipinski definition) is 1. The van der Waals surface area contributed by atoms with E-state index in [4.69, 9.17) is 5.73 Å². The molecule has 0 saturated heterocycles. The van der Waals surface area contributed by atoms with E-state index in [9.17, 15) is 26.4 Å². The van der Waals surface area contributed by atoms with Crippen molar-refractivity contribution in [2.75, 3.05) is 11.5 Å². The van der Waals surface area contributed by atoms with Crippen molar-refractivity contribution in [1.82, 2.24) is 19.2 Å². The topological polar surface area (TPSA) is 112 Å². The number of anilines is 1. The van der Waals surface area contributed by atoms with Crippen molar-refractivity contribution in [2.45, 2.75) is 18.0 Å². The van der Waals surface area contributed by atoms with Gasteiger partial charge in [-0.25, -0.2) is 22.6 Å². The molecule has 0 aliphatic rings. The second-order valence-electron chi connectivity index (χ2n) is 5.33. The molecular weight excluding hydrogens is 375 g/mol. The van der Waals surface area contributed by atoms with Crippen LogP contribution in [-0.2, 0) is 16.0 Å². The highest BCUT2D eigenvalue weighted by molar-refractivity contribution is 7.91. The fraction of sp³-hybridized carbons (Fsp3) is 0.214. The van der Waals surface area contributed by atoms with Gasteiger partial charge in [-0.15, -0.1) is 5.10 Å². The molecule has 3 aromatic rings. The maximum absolute atomic E-state index is 12.8. The molecule has 0 spiro atoms. The van der Waals surface area contributed by atoms with Crippen molar-refractivity contribution in [3.63, 3.8) is 0 Å². The summed E-state index contributed by atoms with van der Waals surface area (Å²) in [6.45, 7) is 1.39. The Morgan fingerprint density at radius 2 is 1.96 bits per heavy atom. The second-order valence-corrected chi connectivity index (χ2v) is 7.58. The lowest BCUT2D eigenvalue weighted by Crippen LogP contribution is -2.23. The van der Waals surface area contributed by atoms with Crippen molar-refractivity contribution < 1.29 is 21.6 Å². The van der Waals surface area contributed by atoms with Crippen LogP contribution in [-0.4, -0.2) is 33.3 Å². The van der Waals surface area contributed by atoms with E-state index in [-0.39, 0.29) is 27.8 Å². The summed E-state index contributed by atoms with van der Waals surface area (Å²) < 4.78 is 64.5. The number of aromatic nitrogens is 4. The van der Waals surface area contributed by atoms with Gasteiger partial charge in [-0.3, -0.25) is 0 Å². The Morgan fingerprint density at radius 3 is 2.58 bits per heavy atom. The molecule has 3 aromatic heterocycles. The van der Waals surface area contributed by atoms with Crippen LogP contribution in [0.4, 0.5) is 18.9 Å². The van der Waals surface area contributed by atoms with Gasteiger partial charge >= 0.3 is 11.9 Å². The zero-order valence-corrected chi connectivity index (χ0v) is 14.0. The van der Waals surface area contributed by atoms with Crippen LogP contribution in [0.25, 0.3) is 11.5 Å². The molecule has 138 valence electrons. The lowest BCUT2D eigenvalue weighted by atomic mass is 10.2. The third-order valence-electron chi connectivity index (χ3n) is 3.62. The maximum atomic E-state index is 12.8. The van der Waals surface area contributed by atoms with E-state index < -0.39 is 27.3 Å². The van der Waals surface area contributed by atoms with Gasteiger partial charge in [0.15, 0.2) is 21.3 Å².